The Labute approximate surface area is 171 Å². The largest absolute Gasteiger partial charge is 0.484 e. The minimum atomic E-state index is -0.659. The highest BCUT2D eigenvalue weighted by atomic mass is 19.1. The van der Waals surface area contributed by atoms with Crippen LogP contribution in [0.2, 0.25) is 0 Å². The van der Waals surface area contributed by atoms with Crippen LogP contribution in [0.25, 0.3) is 0 Å². The summed E-state index contributed by atoms with van der Waals surface area (Å²) in [5, 5.41) is 2.93. The van der Waals surface area contributed by atoms with E-state index in [1.165, 1.54) is 29.2 Å². The molecular weight excluding hydrogens is 371 g/mol. The van der Waals surface area contributed by atoms with Gasteiger partial charge < -0.3 is 15.0 Å². The lowest BCUT2D eigenvalue weighted by molar-refractivity contribution is -0.142. The Bertz CT molecular complexity index is 823. The second kappa shape index (κ2) is 10.6. The van der Waals surface area contributed by atoms with E-state index >= 15 is 0 Å². The summed E-state index contributed by atoms with van der Waals surface area (Å²) in [6, 6.07) is 12.6. The number of amides is 2. The Morgan fingerprint density at radius 1 is 1.10 bits per heavy atom. The molecule has 2 unspecified atom stereocenters. The van der Waals surface area contributed by atoms with Crippen molar-refractivity contribution in [2.75, 3.05) is 6.61 Å². The molecule has 0 saturated heterocycles. The van der Waals surface area contributed by atoms with Crippen molar-refractivity contribution in [3.05, 3.63) is 65.5 Å². The summed E-state index contributed by atoms with van der Waals surface area (Å²) in [4.78, 5) is 27.1. The van der Waals surface area contributed by atoms with Crippen LogP contribution >= 0.6 is 0 Å². The van der Waals surface area contributed by atoms with Crippen molar-refractivity contribution in [3.8, 4) is 5.75 Å². The number of carbonyl (C=O) groups is 2. The molecule has 0 saturated carbocycles. The van der Waals surface area contributed by atoms with Gasteiger partial charge in [0.15, 0.2) is 6.61 Å². The molecule has 2 aromatic carbocycles. The first-order valence-corrected chi connectivity index (χ1v) is 9.84. The van der Waals surface area contributed by atoms with E-state index in [1.807, 2.05) is 45.0 Å². The molecule has 2 amide bonds. The fourth-order valence-corrected chi connectivity index (χ4v) is 2.78. The SMILES string of the molecule is CCC(C)NC(=O)C(C)N(Cc1ccccc1C)C(=O)COc1ccc(F)cc1. The zero-order chi connectivity index (χ0) is 21.4. The van der Waals surface area contributed by atoms with Crippen molar-refractivity contribution in [2.45, 2.75) is 52.7 Å². The van der Waals surface area contributed by atoms with Gasteiger partial charge in [-0.25, -0.2) is 4.39 Å². The number of benzene rings is 2. The number of aryl methyl sites for hydroxylation is 1. The highest BCUT2D eigenvalue weighted by Gasteiger charge is 2.27. The molecule has 0 aromatic heterocycles. The molecule has 0 bridgehead atoms. The molecular formula is C23H29FN2O3. The van der Waals surface area contributed by atoms with Gasteiger partial charge in [-0.3, -0.25) is 9.59 Å². The maximum absolute atomic E-state index is 13.0. The number of hydrogen-bond acceptors (Lipinski definition) is 3. The minimum Gasteiger partial charge on any atom is -0.484 e. The van der Waals surface area contributed by atoms with Crippen LogP contribution in [-0.2, 0) is 16.1 Å². The fourth-order valence-electron chi connectivity index (χ4n) is 2.78. The van der Waals surface area contributed by atoms with Crippen molar-refractivity contribution in [2.24, 2.45) is 0 Å². The van der Waals surface area contributed by atoms with Crippen molar-refractivity contribution in [1.29, 1.82) is 0 Å². The topological polar surface area (TPSA) is 58.6 Å². The molecule has 0 aliphatic heterocycles. The molecule has 5 nitrogen and oxygen atoms in total. The van der Waals surface area contributed by atoms with E-state index in [0.717, 1.165) is 17.5 Å². The van der Waals surface area contributed by atoms with Crippen LogP contribution in [0.3, 0.4) is 0 Å². The van der Waals surface area contributed by atoms with Crippen LogP contribution in [0.15, 0.2) is 48.5 Å². The number of halogens is 1. The third kappa shape index (κ3) is 6.59. The van der Waals surface area contributed by atoms with Crippen LogP contribution in [0.1, 0.15) is 38.3 Å². The van der Waals surface area contributed by atoms with Crippen molar-refractivity contribution < 1.29 is 18.7 Å². The molecule has 156 valence electrons. The smallest absolute Gasteiger partial charge is 0.261 e. The first kappa shape index (κ1) is 22.4. The predicted octanol–water partition coefficient (Wildman–Crippen LogP) is 3.84. The lowest BCUT2D eigenvalue weighted by Gasteiger charge is -2.30. The van der Waals surface area contributed by atoms with E-state index in [-0.39, 0.29) is 30.3 Å². The van der Waals surface area contributed by atoms with Gasteiger partial charge in [-0.05, 0) is 62.6 Å². The van der Waals surface area contributed by atoms with Crippen LogP contribution in [-0.4, -0.2) is 35.4 Å². The first-order chi connectivity index (χ1) is 13.8. The summed E-state index contributed by atoms with van der Waals surface area (Å²) in [5.74, 6) is -0.500. The maximum atomic E-state index is 13.0. The van der Waals surface area contributed by atoms with Gasteiger partial charge in [0.25, 0.3) is 5.91 Å². The molecule has 0 aliphatic rings. The van der Waals surface area contributed by atoms with Gasteiger partial charge in [0.05, 0.1) is 0 Å². The summed E-state index contributed by atoms with van der Waals surface area (Å²) in [5.41, 5.74) is 2.00. The third-order valence-corrected chi connectivity index (χ3v) is 4.95. The van der Waals surface area contributed by atoms with E-state index in [1.54, 1.807) is 6.92 Å². The molecule has 0 radical (unpaired) electrons. The van der Waals surface area contributed by atoms with Gasteiger partial charge in [-0.2, -0.15) is 0 Å². The Balaban J connectivity index is 2.15. The van der Waals surface area contributed by atoms with E-state index in [0.29, 0.717) is 12.3 Å². The Hall–Kier alpha value is -2.89. The number of rotatable bonds is 9. The maximum Gasteiger partial charge on any atom is 0.261 e. The summed E-state index contributed by atoms with van der Waals surface area (Å²) < 4.78 is 18.6. The molecule has 2 aromatic rings. The van der Waals surface area contributed by atoms with Gasteiger partial charge >= 0.3 is 0 Å². The minimum absolute atomic E-state index is 0.0239. The van der Waals surface area contributed by atoms with E-state index < -0.39 is 6.04 Å². The van der Waals surface area contributed by atoms with Crippen LogP contribution in [0.4, 0.5) is 4.39 Å². The summed E-state index contributed by atoms with van der Waals surface area (Å²) in [6.45, 7) is 7.66. The zero-order valence-electron chi connectivity index (χ0n) is 17.4. The lowest BCUT2D eigenvalue weighted by Crippen LogP contribution is -2.50. The number of hydrogen-bond donors (Lipinski definition) is 1. The van der Waals surface area contributed by atoms with E-state index in [4.69, 9.17) is 4.74 Å². The molecule has 29 heavy (non-hydrogen) atoms. The Morgan fingerprint density at radius 3 is 2.38 bits per heavy atom. The highest BCUT2D eigenvalue weighted by molar-refractivity contribution is 5.88. The van der Waals surface area contributed by atoms with Gasteiger partial charge in [-0.1, -0.05) is 31.2 Å². The summed E-state index contributed by atoms with van der Waals surface area (Å²) in [7, 11) is 0. The lowest BCUT2D eigenvalue weighted by atomic mass is 10.1. The van der Waals surface area contributed by atoms with Crippen molar-refractivity contribution >= 4 is 11.8 Å². The monoisotopic (exact) mass is 400 g/mol. The van der Waals surface area contributed by atoms with Gasteiger partial charge in [0.1, 0.15) is 17.6 Å². The first-order valence-electron chi connectivity index (χ1n) is 9.84. The fraction of sp³-hybridized carbons (Fsp3) is 0.391. The van der Waals surface area contributed by atoms with Crippen LogP contribution < -0.4 is 10.1 Å². The molecule has 2 atom stereocenters. The average molecular weight is 400 g/mol. The summed E-state index contributed by atoms with van der Waals surface area (Å²) >= 11 is 0. The number of ether oxygens (including phenoxy) is 1. The standard InChI is InChI=1S/C23H29FN2O3/c1-5-17(3)25-23(28)18(4)26(14-19-9-7-6-8-16(19)2)22(27)15-29-21-12-10-20(24)11-13-21/h6-13,17-18H,5,14-15H2,1-4H3,(H,25,28). The normalized spacial score (nSPS) is 12.7. The van der Waals surface area contributed by atoms with Gasteiger partial charge in [-0.15, -0.1) is 0 Å². The third-order valence-electron chi connectivity index (χ3n) is 4.95. The average Bonchev–Trinajstić information content (AvgIpc) is 2.71. The van der Waals surface area contributed by atoms with Crippen LogP contribution in [0, 0.1) is 12.7 Å². The van der Waals surface area contributed by atoms with Crippen LogP contribution in [0.5, 0.6) is 5.75 Å². The van der Waals surface area contributed by atoms with Crippen molar-refractivity contribution in [3.63, 3.8) is 0 Å². The Morgan fingerprint density at radius 2 is 1.76 bits per heavy atom. The van der Waals surface area contributed by atoms with Gasteiger partial charge in [0, 0.05) is 12.6 Å². The van der Waals surface area contributed by atoms with Gasteiger partial charge in [0.2, 0.25) is 5.91 Å². The number of carbonyl (C=O) groups excluding carboxylic acids is 2. The molecule has 6 heteroatoms. The molecule has 1 N–H and O–H groups in total. The molecule has 0 aliphatic carbocycles. The number of nitrogens with one attached hydrogen (secondary N) is 1. The van der Waals surface area contributed by atoms with E-state index in [9.17, 15) is 14.0 Å². The molecule has 0 spiro atoms. The zero-order valence-corrected chi connectivity index (χ0v) is 17.4. The quantitative estimate of drug-likeness (QED) is 0.696. The van der Waals surface area contributed by atoms with Crippen molar-refractivity contribution in [1.82, 2.24) is 10.2 Å². The van der Waals surface area contributed by atoms with E-state index in [2.05, 4.69) is 5.32 Å². The highest BCUT2D eigenvalue weighted by Crippen LogP contribution is 2.15. The summed E-state index contributed by atoms with van der Waals surface area (Å²) in [6.07, 6.45) is 0.803. The second-order valence-corrected chi connectivity index (χ2v) is 7.18. The molecule has 0 fully saturated rings. The second-order valence-electron chi connectivity index (χ2n) is 7.18. The number of nitrogens with zero attached hydrogens (tertiary/aromatic N) is 1. The predicted molar refractivity (Wildman–Crippen MR) is 111 cm³/mol. The molecule has 0 heterocycles. The molecule has 2 rings (SSSR count). The Kier molecular flexibility index (Phi) is 8.19.